The zero-order valence-corrected chi connectivity index (χ0v) is 11.0. The first kappa shape index (κ1) is 13.8. The van der Waals surface area contributed by atoms with Crippen molar-refractivity contribution >= 4 is 17.3 Å². The molecule has 0 amide bonds. The van der Waals surface area contributed by atoms with Crippen LogP contribution in [0.3, 0.4) is 0 Å². The summed E-state index contributed by atoms with van der Waals surface area (Å²) in [5.41, 5.74) is 1.38. The van der Waals surface area contributed by atoms with E-state index in [0.29, 0.717) is 23.7 Å². The molecule has 0 spiro atoms. The van der Waals surface area contributed by atoms with Crippen molar-refractivity contribution in [3.8, 4) is 5.75 Å². The number of benzene rings is 1. The molecule has 5 nitrogen and oxygen atoms in total. The number of nitrogens with zero attached hydrogens (tertiary/aromatic N) is 2. The van der Waals surface area contributed by atoms with Crippen molar-refractivity contribution in [2.24, 2.45) is 0 Å². The van der Waals surface area contributed by atoms with Crippen molar-refractivity contribution in [2.45, 2.75) is 6.92 Å². The van der Waals surface area contributed by atoms with Gasteiger partial charge < -0.3 is 14.4 Å². The van der Waals surface area contributed by atoms with Gasteiger partial charge in [-0.2, -0.15) is 0 Å². The maximum Gasteiger partial charge on any atom is 0.340 e. The highest BCUT2D eigenvalue weighted by atomic mass is 16.5. The number of rotatable bonds is 4. The SMILES string of the molecule is [C-]#[N+]c1cc(C(=O)OC)c(OCC)cc1N(C)C. The van der Waals surface area contributed by atoms with Crippen LogP contribution in [0.15, 0.2) is 12.1 Å². The third-order valence-electron chi connectivity index (χ3n) is 2.38. The maximum atomic E-state index is 11.6. The summed E-state index contributed by atoms with van der Waals surface area (Å²) in [6.07, 6.45) is 0. The molecule has 0 aromatic heterocycles. The Morgan fingerprint density at radius 2 is 2.11 bits per heavy atom. The number of methoxy groups -OCH3 is 1. The van der Waals surface area contributed by atoms with Gasteiger partial charge in [-0.3, -0.25) is 0 Å². The highest BCUT2D eigenvalue weighted by molar-refractivity contribution is 5.95. The Balaban J connectivity index is 3.42. The van der Waals surface area contributed by atoms with Gasteiger partial charge in [0, 0.05) is 19.8 Å². The monoisotopic (exact) mass is 248 g/mol. The fourth-order valence-electron chi connectivity index (χ4n) is 1.55. The molecule has 0 unspecified atom stereocenters. The minimum absolute atomic E-state index is 0.274. The number of hydrogen-bond donors (Lipinski definition) is 0. The van der Waals surface area contributed by atoms with Gasteiger partial charge in [0.05, 0.1) is 25.9 Å². The zero-order valence-electron chi connectivity index (χ0n) is 11.0. The van der Waals surface area contributed by atoms with Crippen LogP contribution in [0.25, 0.3) is 4.85 Å². The Labute approximate surface area is 107 Å². The van der Waals surface area contributed by atoms with E-state index in [1.54, 1.807) is 11.0 Å². The average molecular weight is 248 g/mol. The second-order valence-corrected chi connectivity index (χ2v) is 3.77. The Hall–Kier alpha value is -2.22. The van der Waals surface area contributed by atoms with Crippen molar-refractivity contribution in [3.05, 3.63) is 29.1 Å². The fourth-order valence-corrected chi connectivity index (χ4v) is 1.55. The van der Waals surface area contributed by atoms with E-state index in [2.05, 4.69) is 9.58 Å². The van der Waals surface area contributed by atoms with E-state index < -0.39 is 5.97 Å². The molecule has 18 heavy (non-hydrogen) atoms. The van der Waals surface area contributed by atoms with Crippen LogP contribution >= 0.6 is 0 Å². The molecular weight excluding hydrogens is 232 g/mol. The average Bonchev–Trinajstić information content (AvgIpc) is 2.37. The van der Waals surface area contributed by atoms with Crippen molar-refractivity contribution in [2.75, 3.05) is 32.7 Å². The van der Waals surface area contributed by atoms with Crippen molar-refractivity contribution in [1.29, 1.82) is 0 Å². The van der Waals surface area contributed by atoms with Gasteiger partial charge >= 0.3 is 5.97 Å². The Kier molecular flexibility index (Phi) is 4.55. The molecule has 0 saturated carbocycles. The van der Waals surface area contributed by atoms with Crippen molar-refractivity contribution in [3.63, 3.8) is 0 Å². The van der Waals surface area contributed by atoms with E-state index in [9.17, 15) is 4.79 Å². The minimum Gasteiger partial charge on any atom is -0.493 e. The first-order valence-electron chi connectivity index (χ1n) is 5.49. The molecule has 0 aliphatic heterocycles. The minimum atomic E-state index is -0.506. The van der Waals surface area contributed by atoms with Crippen molar-refractivity contribution < 1.29 is 14.3 Å². The van der Waals surface area contributed by atoms with Gasteiger partial charge in [-0.15, -0.1) is 0 Å². The van der Waals surface area contributed by atoms with Crippen LogP contribution in [0.1, 0.15) is 17.3 Å². The summed E-state index contributed by atoms with van der Waals surface area (Å²) in [6.45, 7) is 9.42. The number of esters is 1. The van der Waals surface area contributed by atoms with Gasteiger partial charge in [-0.1, -0.05) is 0 Å². The van der Waals surface area contributed by atoms with Gasteiger partial charge in [-0.05, 0) is 19.1 Å². The molecule has 0 N–H and O–H groups in total. The van der Waals surface area contributed by atoms with E-state index in [-0.39, 0.29) is 5.56 Å². The zero-order chi connectivity index (χ0) is 13.7. The molecule has 0 atom stereocenters. The van der Waals surface area contributed by atoms with Crippen LogP contribution in [0.5, 0.6) is 5.75 Å². The number of hydrogen-bond acceptors (Lipinski definition) is 4. The topological polar surface area (TPSA) is 43.1 Å². The molecule has 0 heterocycles. The van der Waals surface area contributed by atoms with Gasteiger partial charge in [0.2, 0.25) is 5.69 Å². The van der Waals surface area contributed by atoms with Gasteiger partial charge in [0.15, 0.2) is 0 Å². The summed E-state index contributed by atoms with van der Waals surface area (Å²) in [5, 5.41) is 0. The van der Waals surface area contributed by atoms with Gasteiger partial charge in [0.1, 0.15) is 5.75 Å². The van der Waals surface area contributed by atoms with Crippen LogP contribution < -0.4 is 9.64 Å². The van der Waals surface area contributed by atoms with Crippen LogP contribution in [0.4, 0.5) is 11.4 Å². The summed E-state index contributed by atoms with van der Waals surface area (Å²) in [4.78, 5) is 16.9. The third-order valence-corrected chi connectivity index (χ3v) is 2.38. The largest absolute Gasteiger partial charge is 0.493 e. The Bertz CT molecular complexity index is 490. The first-order valence-corrected chi connectivity index (χ1v) is 5.49. The Morgan fingerprint density at radius 3 is 2.56 bits per heavy atom. The van der Waals surface area contributed by atoms with E-state index >= 15 is 0 Å². The molecule has 1 aromatic carbocycles. The number of anilines is 1. The molecule has 0 aliphatic carbocycles. The molecule has 1 rings (SSSR count). The van der Waals surface area contributed by atoms with E-state index in [0.717, 1.165) is 0 Å². The highest BCUT2D eigenvalue weighted by Gasteiger charge is 2.18. The first-order chi connectivity index (χ1) is 8.54. The van der Waals surface area contributed by atoms with Gasteiger partial charge in [0.25, 0.3) is 0 Å². The maximum absolute atomic E-state index is 11.6. The summed E-state index contributed by atoms with van der Waals surface area (Å²) >= 11 is 0. The lowest BCUT2D eigenvalue weighted by molar-refractivity contribution is 0.0596. The summed E-state index contributed by atoms with van der Waals surface area (Å²) in [7, 11) is 4.96. The van der Waals surface area contributed by atoms with E-state index in [1.165, 1.54) is 13.2 Å². The third kappa shape index (κ3) is 2.72. The summed E-state index contributed by atoms with van der Waals surface area (Å²) < 4.78 is 10.1. The fraction of sp³-hybridized carbons (Fsp3) is 0.385. The molecule has 0 bridgehead atoms. The normalized spacial score (nSPS) is 9.50. The van der Waals surface area contributed by atoms with Crippen LogP contribution in [-0.2, 0) is 4.74 Å². The standard InChI is InChI=1S/C13H16N2O3/c1-6-18-12-8-11(15(3)4)10(14-2)7-9(12)13(16)17-5/h7-8H,6H2,1,3-5H3. The quantitative estimate of drug-likeness (QED) is 0.606. The van der Waals surface area contributed by atoms with Gasteiger partial charge in [-0.25, -0.2) is 9.64 Å². The van der Waals surface area contributed by atoms with E-state index in [1.807, 2.05) is 21.0 Å². The molecule has 5 heteroatoms. The summed E-state index contributed by atoms with van der Waals surface area (Å²) in [5.74, 6) is -0.0749. The van der Waals surface area contributed by atoms with E-state index in [4.69, 9.17) is 11.3 Å². The summed E-state index contributed by atoms with van der Waals surface area (Å²) in [6, 6.07) is 3.18. The predicted molar refractivity (Wildman–Crippen MR) is 69.5 cm³/mol. The second-order valence-electron chi connectivity index (χ2n) is 3.77. The van der Waals surface area contributed by atoms with Crippen LogP contribution in [0.2, 0.25) is 0 Å². The smallest absolute Gasteiger partial charge is 0.340 e. The van der Waals surface area contributed by atoms with Crippen LogP contribution in [-0.4, -0.2) is 33.8 Å². The number of ether oxygens (including phenoxy) is 2. The lowest BCUT2D eigenvalue weighted by Crippen LogP contribution is -2.11. The lowest BCUT2D eigenvalue weighted by atomic mass is 10.1. The molecule has 0 fully saturated rings. The predicted octanol–water partition coefficient (Wildman–Crippen LogP) is 2.49. The molecular formula is C13H16N2O3. The lowest BCUT2D eigenvalue weighted by Gasteiger charge is -2.18. The molecule has 96 valence electrons. The molecule has 1 aromatic rings. The molecule has 0 radical (unpaired) electrons. The molecule has 0 saturated heterocycles. The molecule has 0 aliphatic rings. The highest BCUT2D eigenvalue weighted by Crippen LogP contribution is 2.35. The van der Waals surface area contributed by atoms with Crippen LogP contribution in [0, 0.1) is 6.57 Å². The number of carbonyl (C=O) groups is 1. The van der Waals surface area contributed by atoms with Crippen molar-refractivity contribution in [1.82, 2.24) is 0 Å². The Morgan fingerprint density at radius 1 is 1.44 bits per heavy atom. The second kappa shape index (κ2) is 5.92. The number of carbonyl (C=O) groups excluding carboxylic acids is 1.